The van der Waals surface area contributed by atoms with Gasteiger partial charge in [-0.25, -0.2) is 0 Å². The minimum Gasteiger partial charge on any atom is -0.496 e. The number of methoxy groups -OCH3 is 2. The van der Waals surface area contributed by atoms with E-state index in [9.17, 15) is 9.59 Å². The molecule has 0 aromatic heterocycles. The standard InChI is InChI=1S/C37H38N2O5SSi/c1-36(2,3)46-44-37(4,5)31-30(43-7)20-18-28-33(31)45-32-26(22-39-34(40)24-15-11-12-16-25(24)35(39)41)29(42-6)19-17-27(32)38(28)21-23-13-9-8-10-14-23/h8-20H,21-22H2,1-7H3. The molecule has 4 aromatic rings. The fourth-order valence-corrected chi connectivity index (χ4v) is 8.09. The van der Waals surface area contributed by atoms with Gasteiger partial charge in [-0.2, -0.15) is 0 Å². The number of nitrogens with zero attached hydrogens (tertiary/aromatic N) is 2. The lowest BCUT2D eigenvalue weighted by molar-refractivity contribution is 0.0640. The third-order valence-electron chi connectivity index (χ3n) is 8.11. The highest BCUT2D eigenvalue weighted by Gasteiger charge is 2.40. The lowest BCUT2D eigenvalue weighted by Gasteiger charge is -2.39. The Hall–Kier alpha value is -4.05. The van der Waals surface area contributed by atoms with Crippen LogP contribution in [0.3, 0.4) is 0 Å². The summed E-state index contributed by atoms with van der Waals surface area (Å²) in [6, 6.07) is 25.4. The summed E-state index contributed by atoms with van der Waals surface area (Å²) in [4.78, 5) is 32.6. The maximum absolute atomic E-state index is 13.5. The first-order valence-electron chi connectivity index (χ1n) is 15.2. The highest BCUT2D eigenvalue weighted by molar-refractivity contribution is 7.99. The van der Waals surface area contributed by atoms with Crippen molar-refractivity contribution in [3.63, 3.8) is 0 Å². The molecular weight excluding hydrogens is 613 g/mol. The number of ether oxygens (including phenoxy) is 2. The molecule has 2 amide bonds. The minimum absolute atomic E-state index is 0.00858. The molecule has 0 bridgehead atoms. The molecular formula is C37H38N2O5SSi. The number of imide groups is 1. The van der Waals surface area contributed by atoms with E-state index >= 15 is 0 Å². The SMILES string of the molecule is COc1ccc2c(c1CN1C(=O)c3ccccc3C1=O)Sc1c(ccc(OC)c1C(C)(C)O[Si]C(C)(C)C)N2Cc1ccccc1. The maximum Gasteiger partial charge on any atom is 0.261 e. The van der Waals surface area contributed by atoms with E-state index < -0.39 is 5.60 Å². The van der Waals surface area contributed by atoms with Crippen molar-refractivity contribution in [2.45, 2.75) is 68.1 Å². The van der Waals surface area contributed by atoms with Crippen LogP contribution in [-0.4, -0.2) is 40.7 Å². The second-order valence-corrected chi connectivity index (χ2v) is 15.9. The third-order valence-corrected chi connectivity index (χ3v) is 10.6. The van der Waals surface area contributed by atoms with Gasteiger partial charge in [-0.3, -0.25) is 14.5 Å². The molecule has 236 valence electrons. The summed E-state index contributed by atoms with van der Waals surface area (Å²) >= 11 is 1.61. The van der Waals surface area contributed by atoms with Crippen LogP contribution in [0.1, 0.15) is 72.0 Å². The second-order valence-electron chi connectivity index (χ2n) is 13.0. The van der Waals surface area contributed by atoms with E-state index in [1.54, 1.807) is 50.2 Å². The summed E-state index contributed by atoms with van der Waals surface area (Å²) < 4.78 is 18.6. The number of carbonyl (C=O) groups is 2. The third kappa shape index (κ3) is 5.83. The van der Waals surface area contributed by atoms with Gasteiger partial charge in [0.15, 0.2) is 0 Å². The van der Waals surface area contributed by atoms with E-state index in [1.807, 2.05) is 30.3 Å². The molecule has 0 unspecified atom stereocenters. The number of benzene rings is 4. The molecule has 0 N–H and O–H groups in total. The van der Waals surface area contributed by atoms with Crippen LogP contribution < -0.4 is 14.4 Å². The maximum atomic E-state index is 13.5. The van der Waals surface area contributed by atoms with Gasteiger partial charge < -0.3 is 18.8 Å². The van der Waals surface area contributed by atoms with Crippen molar-refractivity contribution in [1.29, 1.82) is 0 Å². The van der Waals surface area contributed by atoms with Gasteiger partial charge in [0.1, 0.15) is 11.5 Å². The lowest BCUT2D eigenvalue weighted by Crippen LogP contribution is -2.31. The average Bonchev–Trinajstić information content (AvgIpc) is 3.28. The number of fused-ring (bicyclic) bond motifs is 3. The van der Waals surface area contributed by atoms with E-state index in [0.717, 1.165) is 43.6 Å². The van der Waals surface area contributed by atoms with Crippen LogP contribution in [-0.2, 0) is 23.1 Å². The van der Waals surface area contributed by atoms with E-state index in [4.69, 9.17) is 13.9 Å². The summed E-state index contributed by atoms with van der Waals surface area (Å²) in [5, 5.41) is -0.00858. The van der Waals surface area contributed by atoms with E-state index in [0.29, 0.717) is 23.4 Å². The van der Waals surface area contributed by atoms with E-state index in [1.165, 1.54) is 4.90 Å². The van der Waals surface area contributed by atoms with Crippen LogP contribution >= 0.6 is 11.8 Å². The van der Waals surface area contributed by atoms with Gasteiger partial charge in [0.2, 0.25) is 9.76 Å². The summed E-state index contributed by atoms with van der Waals surface area (Å²) in [6.07, 6.45) is 0. The molecule has 2 heterocycles. The van der Waals surface area contributed by atoms with Crippen LogP contribution in [0.15, 0.2) is 88.7 Å². The topological polar surface area (TPSA) is 68.3 Å². The summed E-state index contributed by atoms with van der Waals surface area (Å²) in [6.45, 7) is 11.4. The van der Waals surface area contributed by atoms with Crippen LogP contribution in [0.25, 0.3) is 0 Å². The zero-order valence-corrected chi connectivity index (χ0v) is 29.1. The Morgan fingerprint density at radius 1 is 0.674 bits per heavy atom. The zero-order valence-electron chi connectivity index (χ0n) is 27.3. The highest BCUT2D eigenvalue weighted by Crippen LogP contribution is 2.57. The van der Waals surface area contributed by atoms with Crippen molar-refractivity contribution >= 4 is 44.7 Å². The molecule has 2 radical (unpaired) electrons. The number of hydrogen-bond acceptors (Lipinski definition) is 7. The van der Waals surface area contributed by atoms with Crippen molar-refractivity contribution in [2.75, 3.05) is 19.1 Å². The Morgan fingerprint density at radius 2 is 1.24 bits per heavy atom. The predicted octanol–water partition coefficient (Wildman–Crippen LogP) is 8.39. The van der Waals surface area contributed by atoms with Gasteiger partial charge >= 0.3 is 0 Å². The molecule has 0 aliphatic carbocycles. The van der Waals surface area contributed by atoms with Crippen LogP contribution in [0.2, 0.25) is 5.04 Å². The first-order chi connectivity index (χ1) is 21.9. The smallest absolute Gasteiger partial charge is 0.261 e. The van der Waals surface area contributed by atoms with E-state index in [-0.39, 0.29) is 33.2 Å². The van der Waals surface area contributed by atoms with Crippen molar-refractivity contribution in [2.24, 2.45) is 0 Å². The second kappa shape index (κ2) is 12.3. The number of anilines is 2. The molecule has 9 heteroatoms. The Labute approximate surface area is 277 Å². The summed E-state index contributed by atoms with van der Waals surface area (Å²) in [7, 11) is 3.57. The number of rotatable bonds is 9. The Balaban J connectivity index is 1.53. The van der Waals surface area contributed by atoms with Crippen molar-refractivity contribution in [1.82, 2.24) is 4.90 Å². The van der Waals surface area contributed by atoms with E-state index in [2.05, 4.69) is 63.8 Å². The largest absolute Gasteiger partial charge is 0.496 e. The summed E-state index contributed by atoms with van der Waals surface area (Å²) in [5.74, 6) is 0.744. The van der Waals surface area contributed by atoms with Crippen molar-refractivity contribution in [3.05, 3.63) is 107 Å². The monoisotopic (exact) mass is 650 g/mol. The van der Waals surface area contributed by atoms with Gasteiger partial charge in [-0.05, 0) is 60.8 Å². The fourth-order valence-electron chi connectivity index (χ4n) is 5.92. The molecule has 7 nitrogen and oxygen atoms in total. The number of carbonyl (C=O) groups excluding carboxylic acids is 2. The fraction of sp³-hybridized carbons (Fsp3) is 0.297. The van der Waals surface area contributed by atoms with Crippen LogP contribution in [0.5, 0.6) is 11.5 Å². The molecule has 2 aliphatic rings. The molecule has 46 heavy (non-hydrogen) atoms. The molecule has 0 fully saturated rings. The molecule has 0 spiro atoms. The molecule has 0 saturated carbocycles. The molecule has 0 atom stereocenters. The van der Waals surface area contributed by atoms with Gasteiger partial charge in [-0.15, -0.1) is 0 Å². The number of hydrogen-bond donors (Lipinski definition) is 0. The van der Waals surface area contributed by atoms with Gasteiger partial charge in [0.25, 0.3) is 11.8 Å². The first kappa shape index (κ1) is 31.9. The highest BCUT2D eigenvalue weighted by atomic mass is 32.2. The Kier molecular flexibility index (Phi) is 8.52. The van der Waals surface area contributed by atoms with Crippen LogP contribution in [0.4, 0.5) is 11.4 Å². The molecule has 0 saturated heterocycles. The van der Waals surface area contributed by atoms with Gasteiger partial charge in [0, 0.05) is 27.5 Å². The molecule has 6 rings (SSSR count). The first-order valence-corrected chi connectivity index (χ1v) is 17.0. The van der Waals surface area contributed by atoms with Gasteiger partial charge in [0.05, 0.1) is 48.9 Å². The average molecular weight is 651 g/mol. The molecule has 4 aromatic carbocycles. The quantitative estimate of drug-likeness (QED) is 0.133. The normalized spacial score (nSPS) is 14.2. The lowest BCUT2D eigenvalue weighted by atomic mass is 9.95. The van der Waals surface area contributed by atoms with Gasteiger partial charge in [-0.1, -0.05) is 75.0 Å². The Bertz CT molecular complexity index is 1780. The van der Waals surface area contributed by atoms with Crippen LogP contribution in [0, 0.1) is 0 Å². The van der Waals surface area contributed by atoms with Crippen molar-refractivity contribution < 1.29 is 23.5 Å². The minimum atomic E-state index is -0.688. The predicted molar refractivity (Wildman–Crippen MR) is 183 cm³/mol. The summed E-state index contributed by atoms with van der Waals surface area (Å²) in [5.41, 5.74) is 5.03. The molecule has 2 aliphatic heterocycles. The Morgan fingerprint density at radius 3 is 1.83 bits per heavy atom. The van der Waals surface area contributed by atoms with Crippen molar-refractivity contribution in [3.8, 4) is 11.5 Å². The number of amides is 2. The zero-order chi connectivity index (χ0) is 32.8.